The van der Waals surface area contributed by atoms with Crippen LogP contribution in [0.3, 0.4) is 0 Å². The molecule has 1 aromatic heterocycles. The summed E-state index contributed by atoms with van der Waals surface area (Å²) in [6.07, 6.45) is 0. The van der Waals surface area contributed by atoms with E-state index in [0.717, 1.165) is 33.8 Å². The van der Waals surface area contributed by atoms with Crippen LogP contribution in [-0.4, -0.2) is 27.5 Å². The third-order valence-electron chi connectivity index (χ3n) is 4.12. The van der Waals surface area contributed by atoms with Crippen LogP contribution in [0.15, 0.2) is 59.5 Å². The molecule has 2 aromatic carbocycles. The van der Waals surface area contributed by atoms with Crippen LogP contribution in [0.5, 0.6) is 0 Å². The molecule has 0 saturated heterocycles. The van der Waals surface area contributed by atoms with Crippen molar-refractivity contribution in [1.29, 1.82) is 0 Å². The first-order chi connectivity index (χ1) is 11.8. The van der Waals surface area contributed by atoms with Crippen LogP contribution in [0.4, 0.5) is 5.69 Å². The second-order valence-electron chi connectivity index (χ2n) is 6.25. The normalized spacial score (nSPS) is 11.5. The number of nitrogens with two attached hydrogens (primary N) is 1. The Bertz CT molecular complexity index is 986. The Morgan fingerprint density at radius 2 is 1.48 bits per heavy atom. The van der Waals surface area contributed by atoms with E-state index in [9.17, 15) is 8.42 Å². The monoisotopic (exact) mass is 355 g/mol. The average molecular weight is 355 g/mol. The topological polar surface area (TPSA) is 79.2 Å². The fourth-order valence-corrected chi connectivity index (χ4v) is 3.31. The minimum absolute atomic E-state index is 0.108. The molecular weight excluding hydrogens is 334 g/mol. The second-order valence-corrected chi connectivity index (χ2v) is 7.81. The Kier molecular flexibility index (Phi) is 4.41. The van der Waals surface area contributed by atoms with Gasteiger partial charge in [0.15, 0.2) is 0 Å². The first-order valence-electron chi connectivity index (χ1n) is 7.86. The van der Waals surface area contributed by atoms with Crippen LogP contribution < -0.4 is 10.0 Å². The number of nitrogens with zero attached hydrogens (tertiary/aromatic N) is 1. The Morgan fingerprint density at radius 1 is 0.920 bits per heavy atom. The van der Waals surface area contributed by atoms with Crippen LogP contribution in [0.25, 0.3) is 22.4 Å². The highest BCUT2D eigenvalue weighted by molar-refractivity contribution is 7.89. The summed E-state index contributed by atoms with van der Waals surface area (Å²) in [4.78, 5) is 5.53. The molecule has 3 aromatic rings. The van der Waals surface area contributed by atoms with Crippen LogP contribution >= 0.6 is 0 Å². The van der Waals surface area contributed by atoms with Crippen molar-refractivity contribution in [2.24, 2.45) is 5.14 Å². The SMILES string of the molecule is Cc1cc(-c2ccc(N(C)C)cc2)c(-c2ccc(S(N)(=O)=O)cc2)[nH]1. The highest BCUT2D eigenvalue weighted by Gasteiger charge is 2.13. The molecule has 3 rings (SSSR count). The van der Waals surface area contributed by atoms with E-state index in [2.05, 4.69) is 40.2 Å². The lowest BCUT2D eigenvalue weighted by Gasteiger charge is -2.13. The van der Waals surface area contributed by atoms with E-state index < -0.39 is 10.0 Å². The maximum atomic E-state index is 11.4. The van der Waals surface area contributed by atoms with Crippen molar-refractivity contribution in [1.82, 2.24) is 4.98 Å². The molecule has 130 valence electrons. The van der Waals surface area contributed by atoms with E-state index in [4.69, 9.17) is 5.14 Å². The summed E-state index contributed by atoms with van der Waals surface area (Å²) in [5.41, 5.74) is 6.21. The van der Waals surface area contributed by atoms with Gasteiger partial charge in [0.25, 0.3) is 0 Å². The van der Waals surface area contributed by atoms with Gasteiger partial charge < -0.3 is 9.88 Å². The lowest BCUT2D eigenvalue weighted by Crippen LogP contribution is -2.11. The fraction of sp³-hybridized carbons (Fsp3) is 0.158. The van der Waals surface area contributed by atoms with E-state index >= 15 is 0 Å². The molecule has 0 bridgehead atoms. The van der Waals surface area contributed by atoms with Gasteiger partial charge in [-0.05, 0) is 48.4 Å². The number of hydrogen-bond donors (Lipinski definition) is 2. The summed E-state index contributed by atoms with van der Waals surface area (Å²) in [7, 11) is 0.329. The van der Waals surface area contributed by atoms with Crippen molar-refractivity contribution in [3.63, 3.8) is 0 Å². The molecule has 25 heavy (non-hydrogen) atoms. The number of aryl methyl sites for hydroxylation is 1. The average Bonchev–Trinajstić information content (AvgIpc) is 2.96. The van der Waals surface area contributed by atoms with E-state index in [-0.39, 0.29) is 4.90 Å². The van der Waals surface area contributed by atoms with Crippen LogP contribution in [0.1, 0.15) is 5.69 Å². The number of aromatic nitrogens is 1. The number of aromatic amines is 1. The minimum Gasteiger partial charge on any atom is -0.378 e. The third kappa shape index (κ3) is 3.60. The molecular formula is C19H21N3O2S. The van der Waals surface area contributed by atoms with Gasteiger partial charge in [-0.2, -0.15) is 0 Å². The highest BCUT2D eigenvalue weighted by atomic mass is 32.2. The Balaban J connectivity index is 2.04. The van der Waals surface area contributed by atoms with Crippen molar-refractivity contribution in [2.75, 3.05) is 19.0 Å². The maximum Gasteiger partial charge on any atom is 0.238 e. The standard InChI is InChI=1S/C19H21N3O2S/c1-13-12-18(14-4-8-16(9-5-14)22(2)3)19(21-13)15-6-10-17(11-7-15)25(20,23)24/h4-12,21H,1-3H3,(H2,20,23,24). The Hall–Kier alpha value is -2.57. The lowest BCUT2D eigenvalue weighted by atomic mass is 10.0. The summed E-state index contributed by atoms with van der Waals surface area (Å²) in [5.74, 6) is 0. The molecule has 0 spiro atoms. The van der Waals surface area contributed by atoms with Crippen LogP contribution in [-0.2, 0) is 10.0 Å². The highest BCUT2D eigenvalue weighted by Crippen LogP contribution is 2.33. The number of hydrogen-bond acceptors (Lipinski definition) is 3. The minimum atomic E-state index is -3.69. The largest absolute Gasteiger partial charge is 0.378 e. The first kappa shape index (κ1) is 17.3. The van der Waals surface area contributed by atoms with Crippen molar-refractivity contribution >= 4 is 15.7 Å². The van der Waals surface area contributed by atoms with Gasteiger partial charge in [0.1, 0.15) is 0 Å². The lowest BCUT2D eigenvalue weighted by molar-refractivity contribution is 0.598. The van der Waals surface area contributed by atoms with E-state index in [0.29, 0.717) is 0 Å². The quantitative estimate of drug-likeness (QED) is 0.753. The van der Waals surface area contributed by atoms with Crippen molar-refractivity contribution in [3.8, 4) is 22.4 Å². The van der Waals surface area contributed by atoms with Gasteiger partial charge in [-0.25, -0.2) is 13.6 Å². The molecule has 0 aliphatic rings. The molecule has 6 heteroatoms. The molecule has 0 aliphatic heterocycles. The molecule has 0 fully saturated rings. The predicted octanol–water partition coefficient (Wildman–Crippen LogP) is 3.37. The van der Waals surface area contributed by atoms with E-state index in [1.54, 1.807) is 12.1 Å². The Labute approximate surface area is 148 Å². The maximum absolute atomic E-state index is 11.4. The number of benzene rings is 2. The number of nitrogens with one attached hydrogen (secondary N) is 1. The number of primary sulfonamides is 1. The van der Waals surface area contributed by atoms with Crippen molar-refractivity contribution < 1.29 is 8.42 Å². The predicted molar refractivity (Wildman–Crippen MR) is 102 cm³/mol. The third-order valence-corrected chi connectivity index (χ3v) is 5.05. The molecule has 0 amide bonds. The zero-order valence-electron chi connectivity index (χ0n) is 14.4. The molecule has 0 saturated carbocycles. The zero-order valence-corrected chi connectivity index (χ0v) is 15.3. The van der Waals surface area contributed by atoms with Gasteiger partial charge in [0.2, 0.25) is 10.0 Å². The van der Waals surface area contributed by atoms with Gasteiger partial charge in [-0.15, -0.1) is 0 Å². The molecule has 3 N–H and O–H groups in total. The zero-order chi connectivity index (χ0) is 18.2. The van der Waals surface area contributed by atoms with E-state index in [1.807, 2.05) is 21.0 Å². The summed E-state index contributed by atoms with van der Waals surface area (Å²) in [6.45, 7) is 2.00. The number of H-pyrrole nitrogens is 1. The van der Waals surface area contributed by atoms with Gasteiger partial charge >= 0.3 is 0 Å². The van der Waals surface area contributed by atoms with Gasteiger partial charge in [-0.1, -0.05) is 24.3 Å². The van der Waals surface area contributed by atoms with Crippen LogP contribution in [0, 0.1) is 6.92 Å². The van der Waals surface area contributed by atoms with E-state index in [1.165, 1.54) is 12.1 Å². The number of anilines is 1. The summed E-state index contributed by atoms with van der Waals surface area (Å²) in [5, 5.41) is 5.17. The summed E-state index contributed by atoms with van der Waals surface area (Å²) in [6, 6.07) is 17.0. The molecule has 5 nitrogen and oxygen atoms in total. The molecule has 1 heterocycles. The Morgan fingerprint density at radius 3 is 2.00 bits per heavy atom. The summed E-state index contributed by atoms with van der Waals surface area (Å²) >= 11 is 0. The van der Waals surface area contributed by atoms with Gasteiger partial charge in [-0.3, -0.25) is 0 Å². The number of rotatable bonds is 4. The second kappa shape index (κ2) is 6.38. The van der Waals surface area contributed by atoms with Crippen molar-refractivity contribution in [2.45, 2.75) is 11.8 Å². The molecule has 0 radical (unpaired) electrons. The number of sulfonamides is 1. The first-order valence-corrected chi connectivity index (χ1v) is 9.41. The fourth-order valence-electron chi connectivity index (χ4n) is 2.80. The molecule has 0 atom stereocenters. The summed E-state index contributed by atoms with van der Waals surface area (Å²) < 4.78 is 22.9. The van der Waals surface area contributed by atoms with Gasteiger partial charge in [0.05, 0.1) is 10.6 Å². The molecule has 0 aliphatic carbocycles. The van der Waals surface area contributed by atoms with Crippen molar-refractivity contribution in [3.05, 3.63) is 60.3 Å². The van der Waals surface area contributed by atoms with Crippen LogP contribution in [0.2, 0.25) is 0 Å². The van der Waals surface area contributed by atoms with Gasteiger partial charge in [0, 0.05) is 31.0 Å². The molecule has 0 unspecified atom stereocenters. The smallest absolute Gasteiger partial charge is 0.238 e.